The molecule has 0 spiro atoms. The van der Waals surface area contributed by atoms with Crippen LogP contribution in [0.3, 0.4) is 0 Å². The summed E-state index contributed by atoms with van der Waals surface area (Å²) in [5, 5.41) is 33.1. The Morgan fingerprint density at radius 3 is 2.48 bits per heavy atom. The van der Waals surface area contributed by atoms with Crippen LogP contribution in [0, 0.1) is 10.1 Å². The van der Waals surface area contributed by atoms with Crippen LogP contribution in [0.5, 0.6) is 5.75 Å². The maximum Gasteiger partial charge on any atom is 0.333 e. The van der Waals surface area contributed by atoms with Crippen molar-refractivity contribution in [3.63, 3.8) is 0 Å². The maximum atomic E-state index is 11.3. The Labute approximate surface area is 123 Å². The van der Waals surface area contributed by atoms with Crippen LogP contribution in [0.2, 0.25) is 0 Å². The van der Waals surface area contributed by atoms with Crippen molar-refractivity contribution in [1.29, 1.82) is 0 Å². The van der Waals surface area contributed by atoms with E-state index in [0.29, 0.717) is 13.0 Å². The zero-order chi connectivity index (χ0) is 15.9. The summed E-state index contributed by atoms with van der Waals surface area (Å²) in [6.07, 6.45) is 1.15. The predicted molar refractivity (Wildman–Crippen MR) is 79.7 cm³/mol. The van der Waals surface area contributed by atoms with Gasteiger partial charge in [0, 0.05) is 0 Å². The quantitative estimate of drug-likeness (QED) is 0.475. The number of aliphatic hydroxyl groups excluding tert-OH is 2. The first kappa shape index (κ1) is 17.2. The highest BCUT2D eigenvalue weighted by atomic mass is 16.6. The molecule has 1 aromatic rings. The highest BCUT2D eigenvalue weighted by molar-refractivity contribution is 5.69. The molecule has 0 saturated heterocycles. The van der Waals surface area contributed by atoms with Crippen LogP contribution in [0.25, 0.3) is 0 Å². The van der Waals surface area contributed by atoms with Crippen molar-refractivity contribution in [1.82, 2.24) is 0 Å². The Morgan fingerprint density at radius 1 is 1.33 bits per heavy atom. The number of benzene rings is 1. The smallest absolute Gasteiger partial charge is 0.333 e. The van der Waals surface area contributed by atoms with Gasteiger partial charge < -0.3 is 20.3 Å². The topological polar surface area (TPSA) is 105 Å². The number of nitro groups is 1. The fourth-order valence-corrected chi connectivity index (χ4v) is 1.87. The standard InChI is InChI=1S/C14H22N2O5/c1-3-8-21-12-7-5-6-11(13(12)16(19)20)15-14(4-2,9-17)10-18/h5-7,15,17-18H,3-4,8-10H2,1-2H3. The molecule has 7 heteroatoms. The van der Waals surface area contributed by atoms with Gasteiger partial charge in [-0.25, -0.2) is 0 Å². The molecule has 1 rings (SSSR count). The Kier molecular flexibility index (Phi) is 6.39. The molecule has 0 saturated carbocycles. The number of nitrogens with one attached hydrogen (secondary N) is 1. The van der Waals surface area contributed by atoms with E-state index >= 15 is 0 Å². The van der Waals surface area contributed by atoms with Gasteiger partial charge in [-0.15, -0.1) is 0 Å². The molecule has 3 N–H and O–H groups in total. The fourth-order valence-electron chi connectivity index (χ4n) is 1.87. The summed E-state index contributed by atoms with van der Waals surface area (Å²) in [7, 11) is 0. The molecule has 0 heterocycles. The molecule has 118 valence electrons. The fraction of sp³-hybridized carbons (Fsp3) is 0.571. The van der Waals surface area contributed by atoms with Crippen molar-refractivity contribution in [2.24, 2.45) is 0 Å². The van der Waals surface area contributed by atoms with Crippen LogP contribution in [0.15, 0.2) is 18.2 Å². The van der Waals surface area contributed by atoms with Gasteiger partial charge in [0.05, 0.1) is 30.3 Å². The number of aliphatic hydroxyl groups is 2. The molecular weight excluding hydrogens is 276 g/mol. The van der Waals surface area contributed by atoms with Crippen molar-refractivity contribution >= 4 is 11.4 Å². The van der Waals surface area contributed by atoms with Gasteiger partial charge in [0.15, 0.2) is 5.75 Å². The first-order valence-corrected chi connectivity index (χ1v) is 6.93. The molecule has 21 heavy (non-hydrogen) atoms. The molecule has 0 bridgehead atoms. The zero-order valence-corrected chi connectivity index (χ0v) is 12.3. The van der Waals surface area contributed by atoms with Crippen molar-refractivity contribution in [3.05, 3.63) is 28.3 Å². The molecule has 7 nitrogen and oxygen atoms in total. The summed E-state index contributed by atoms with van der Waals surface area (Å²) in [6.45, 7) is 3.40. The highest BCUT2D eigenvalue weighted by Gasteiger charge is 2.30. The van der Waals surface area contributed by atoms with E-state index in [4.69, 9.17) is 4.74 Å². The van der Waals surface area contributed by atoms with Gasteiger partial charge >= 0.3 is 5.69 Å². The van der Waals surface area contributed by atoms with Gasteiger partial charge in [-0.05, 0) is 25.0 Å². The first-order chi connectivity index (χ1) is 10.0. The van der Waals surface area contributed by atoms with Gasteiger partial charge in [-0.1, -0.05) is 19.9 Å². The number of nitrogens with zero attached hydrogens (tertiary/aromatic N) is 1. The number of nitro benzene ring substituents is 1. The lowest BCUT2D eigenvalue weighted by atomic mass is 9.97. The van der Waals surface area contributed by atoms with Gasteiger partial charge in [-0.2, -0.15) is 0 Å². The molecule has 0 unspecified atom stereocenters. The van der Waals surface area contributed by atoms with Crippen LogP contribution in [-0.4, -0.2) is 40.5 Å². The summed E-state index contributed by atoms with van der Waals surface area (Å²) < 4.78 is 5.40. The van der Waals surface area contributed by atoms with E-state index in [9.17, 15) is 20.3 Å². The monoisotopic (exact) mass is 298 g/mol. The Bertz CT molecular complexity index is 466. The predicted octanol–water partition coefficient (Wildman–Crippen LogP) is 1.93. The van der Waals surface area contributed by atoms with Crippen molar-refractivity contribution < 1.29 is 19.9 Å². The normalized spacial score (nSPS) is 11.2. The molecule has 0 aliphatic heterocycles. The van der Waals surface area contributed by atoms with E-state index in [1.165, 1.54) is 12.1 Å². The third kappa shape index (κ3) is 4.05. The van der Waals surface area contributed by atoms with Crippen LogP contribution < -0.4 is 10.1 Å². The number of rotatable bonds is 9. The highest BCUT2D eigenvalue weighted by Crippen LogP contribution is 2.36. The summed E-state index contributed by atoms with van der Waals surface area (Å²) >= 11 is 0. The van der Waals surface area contributed by atoms with Gasteiger partial charge in [0.1, 0.15) is 5.69 Å². The minimum absolute atomic E-state index is 0.174. The molecule has 1 aromatic carbocycles. The Hall–Kier alpha value is -1.86. The minimum atomic E-state index is -1.01. The summed E-state index contributed by atoms with van der Waals surface area (Å²) in [4.78, 5) is 10.8. The third-order valence-electron chi connectivity index (χ3n) is 3.33. The van der Waals surface area contributed by atoms with Gasteiger partial charge in [-0.3, -0.25) is 10.1 Å². The molecule has 0 radical (unpaired) electrons. The molecule has 0 aliphatic carbocycles. The van der Waals surface area contributed by atoms with Crippen LogP contribution in [-0.2, 0) is 0 Å². The Balaban J connectivity index is 3.19. The van der Waals surface area contributed by atoms with Crippen LogP contribution >= 0.6 is 0 Å². The average molecular weight is 298 g/mol. The SMILES string of the molecule is CCCOc1cccc(NC(CC)(CO)CO)c1[N+](=O)[O-]. The van der Waals surface area contributed by atoms with E-state index < -0.39 is 10.5 Å². The number of para-hydroxylation sites is 1. The number of anilines is 1. The lowest BCUT2D eigenvalue weighted by molar-refractivity contribution is -0.385. The molecule has 0 aromatic heterocycles. The molecule has 0 amide bonds. The van der Waals surface area contributed by atoms with E-state index in [1.54, 1.807) is 13.0 Å². The van der Waals surface area contributed by atoms with Crippen molar-refractivity contribution in [3.8, 4) is 5.75 Å². The summed E-state index contributed by atoms with van der Waals surface area (Å²) in [5.41, 5.74) is -0.974. The molecule has 0 fully saturated rings. The Morgan fingerprint density at radius 2 is 2.00 bits per heavy atom. The third-order valence-corrected chi connectivity index (χ3v) is 3.33. The molecular formula is C14H22N2O5. The van der Waals surface area contributed by atoms with E-state index in [-0.39, 0.29) is 30.3 Å². The second-order valence-electron chi connectivity index (χ2n) is 4.83. The first-order valence-electron chi connectivity index (χ1n) is 6.93. The molecule has 0 atom stereocenters. The van der Waals surface area contributed by atoms with Gasteiger partial charge in [0.2, 0.25) is 0 Å². The minimum Gasteiger partial charge on any atom is -0.487 e. The van der Waals surface area contributed by atoms with Crippen LogP contribution in [0.1, 0.15) is 26.7 Å². The lowest BCUT2D eigenvalue weighted by Gasteiger charge is -2.30. The average Bonchev–Trinajstić information content (AvgIpc) is 2.50. The number of hydrogen-bond donors (Lipinski definition) is 3. The van der Waals surface area contributed by atoms with Gasteiger partial charge in [0.25, 0.3) is 0 Å². The number of hydrogen-bond acceptors (Lipinski definition) is 6. The second kappa shape index (κ2) is 7.80. The summed E-state index contributed by atoms with van der Waals surface area (Å²) in [5.74, 6) is 0.174. The van der Waals surface area contributed by atoms with E-state index in [1.807, 2.05) is 6.92 Å². The lowest BCUT2D eigenvalue weighted by Crippen LogP contribution is -2.45. The maximum absolute atomic E-state index is 11.3. The zero-order valence-electron chi connectivity index (χ0n) is 12.3. The molecule has 0 aliphatic rings. The largest absolute Gasteiger partial charge is 0.487 e. The van der Waals surface area contributed by atoms with E-state index in [0.717, 1.165) is 6.42 Å². The van der Waals surface area contributed by atoms with Crippen molar-refractivity contribution in [2.45, 2.75) is 32.2 Å². The second-order valence-corrected chi connectivity index (χ2v) is 4.83. The number of ether oxygens (including phenoxy) is 1. The van der Waals surface area contributed by atoms with E-state index in [2.05, 4.69) is 5.32 Å². The van der Waals surface area contributed by atoms with Crippen molar-refractivity contribution in [2.75, 3.05) is 25.1 Å². The van der Waals surface area contributed by atoms with Crippen LogP contribution in [0.4, 0.5) is 11.4 Å². The summed E-state index contributed by atoms with van der Waals surface area (Å²) in [6, 6.07) is 4.70.